The van der Waals surface area contributed by atoms with Crippen molar-refractivity contribution in [1.82, 2.24) is 16.0 Å². The average molecular weight is 1010 g/mol. The van der Waals surface area contributed by atoms with Crippen LogP contribution in [0.5, 0.6) is 0 Å². The molecule has 1 saturated carbocycles. The van der Waals surface area contributed by atoms with Crippen LogP contribution in [0, 0.1) is 11.8 Å². The van der Waals surface area contributed by atoms with E-state index in [4.69, 9.17) is 48.2 Å². The number of azide groups is 1. The van der Waals surface area contributed by atoms with Gasteiger partial charge in [-0.2, -0.15) is 0 Å². The maximum Gasteiger partial charge on any atom is 0.407 e. The van der Waals surface area contributed by atoms with E-state index in [0.29, 0.717) is 12.0 Å². The van der Waals surface area contributed by atoms with Crippen molar-refractivity contribution in [3.63, 3.8) is 0 Å². The second-order valence-corrected chi connectivity index (χ2v) is 19.9. The van der Waals surface area contributed by atoms with E-state index in [2.05, 4.69) is 26.0 Å². The van der Waals surface area contributed by atoms with Crippen molar-refractivity contribution in [2.45, 2.75) is 132 Å². The molecule has 1 aliphatic carbocycles. The molecule has 4 fully saturated rings. The summed E-state index contributed by atoms with van der Waals surface area (Å²) in [6.45, 7) is 2.16. The zero-order valence-electron chi connectivity index (χ0n) is 38.4. The van der Waals surface area contributed by atoms with Crippen LogP contribution in [0.2, 0.25) is 0 Å². The molecule has 4 heterocycles. The van der Waals surface area contributed by atoms with Crippen LogP contribution < -0.4 is 16.0 Å². The highest BCUT2D eigenvalue weighted by molar-refractivity contribution is 7.91. The third kappa shape index (κ3) is 13.3. The predicted octanol–water partition coefficient (Wildman–Crippen LogP) is 1.79. The summed E-state index contributed by atoms with van der Waals surface area (Å²) in [6.07, 6.45) is -17.9. The molecular formula is C45H60N6O18S. The summed E-state index contributed by atoms with van der Waals surface area (Å²) < 4.78 is 80.0. The van der Waals surface area contributed by atoms with E-state index >= 15 is 0 Å². The number of amides is 3. The fraction of sp³-hybridized carbons (Fsp3) is 0.622. The molecule has 3 amide bonds. The quantitative estimate of drug-likeness (QED) is 0.0456. The van der Waals surface area contributed by atoms with Gasteiger partial charge >= 0.3 is 18.3 Å². The van der Waals surface area contributed by atoms with Crippen molar-refractivity contribution in [1.29, 1.82) is 0 Å². The molecular weight excluding hydrogens is 945 g/mol. The number of rotatable bonds is 19. The minimum atomic E-state index is -3.67. The van der Waals surface area contributed by atoms with Crippen LogP contribution in [-0.4, -0.2) is 164 Å². The molecule has 3 saturated heterocycles. The topological polar surface area (TPSA) is 334 Å². The van der Waals surface area contributed by atoms with Gasteiger partial charge in [-0.3, -0.25) is 0 Å². The Kier molecular flexibility index (Phi) is 18.2. The van der Waals surface area contributed by atoms with Gasteiger partial charge in [-0.1, -0.05) is 79.6 Å². The number of hydrogen-bond donors (Lipinski definition) is 7. The Bertz CT molecular complexity index is 2260. The molecule has 16 atom stereocenters. The highest BCUT2D eigenvalue weighted by Gasteiger charge is 2.56. The zero-order valence-corrected chi connectivity index (χ0v) is 39.2. The summed E-state index contributed by atoms with van der Waals surface area (Å²) in [4.78, 5) is 41.3. The molecule has 0 unspecified atom stereocenters. The third-order valence-electron chi connectivity index (χ3n) is 12.6. The molecule has 70 heavy (non-hydrogen) atoms. The molecule has 384 valence electrons. The number of hydrogen-bond acceptors (Lipinski definition) is 19. The molecule has 7 rings (SSSR count). The fourth-order valence-electron chi connectivity index (χ4n) is 9.16. The third-order valence-corrected chi connectivity index (χ3v) is 14.5. The monoisotopic (exact) mass is 1000 g/mol. The lowest BCUT2D eigenvalue weighted by molar-refractivity contribution is -0.290. The summed E-state index contributed by atoms with van der Waals surface area (Å²) >= 11 is 0. The number of benzene rings is 2. The van der Waals surface area contributed by atoms with Gasteiger partial charge in [0, 0.05) is 16.6 Å². The number of carbonyl (C=O) groups is 3. The fourth-order valence-corrected chi connectivity index (χ4v) is 10.9. The molecule has 4 aliphatic heterocycles. The summed E-state index contributed by atoms with van der Waals surface area (Å²) in [5.41, 5.74) is 10.4. The van der Waals surface area contributed by atoms with Crippen LogP contribution in [0.4, 0.5) is 14.4 Å². The first-order valence-corrected chi connectivity index (χ1v) is 24.9. The Hall–Kier alpha value is -5.31. The Balaban J connectivity index is 1.12. The maximum atomic E-state index is 13.2. The SMILES string of the molecule is CCCS(=O)(=O)C[C@@H]1C[C@H](C)[C@@H](O[C@H]2OC(CN=[N+]=[N-])=CC[C@H]2NC(=O)OCc2ccccc2)[C@H](O[C@@H]2O[C@H](CO)[C@@H](O[C@H]3O[C@H]4CNC(=O)O[C@H]4[C@H](O)[C@H]3NC(=O)OCc3ccccc3)[C@H]2O)[C@H]1O. The first-order chi connectivity index (χ1) is 33.7. The van der Waals surface area contributed by atoms with E-state index in [-0.39, 0.29) is 50.7 Å². The molecule has 24 nitrogen and oxygen atoms in total. The van der Waals surface area contributed by atoms with E-state index in [9.17, 15) is 43.2 Å². The number of ether oxygens (including phenoxy) is 9. The standard InChI is InChI=1S/C45H60N6O18S/c1-3-16-70(59,60)23-27-17-24(2)36(66-40-29(15-14-28(63-40)18-48-51-46)49-44(57)61-21-25-10-6-4-7-11-25)39(33(27)53)68-42-35(55)38(31(20-52)65-42)67-41-32(34(54)37-30(64-41)19-47-43(56)69-37)50-45(58)62-22-26-12-8-5-9-13-26/h4-14,24,27,29-42,52-55H,3,15-23H2,1-2H3,(H,47,56)(H,49,57)(H,50,58)/t24-,27-,29+,30-,31+,32+,33-,34+,35+,36+,37+,38+,39+,40+,41+,42-/m0/s1. The molecule has 7 N–H and O–H groups in total. The smallest absolute Gasteiger partial charge is 0.407 e. The van der Waals surface area contributed by atoms with Gasteiger partial charge in [0.1, 0.15) is 61.6 Å². The average Bonchev–Trinajstić information content (AvgIpc) is 3.64. The molecule has 2 aromatic carbocycles. The highest BCUT2D eigenvalue weighted by atomic mass is 32.2. The number of nitrogens with zero attached hydrogens (tertiary/aromatic N) is 3. The number of alkyl carbamates (subject to hydrolysis) is 3. The lowest BCUT2D eigenvalue weighted by Gasteiger charge is -2.46. The normalized spacial score (nSPS) is 34.0. The van der Waals surface area contributed by atoms with Gasteiger partial charge in [0.15, 0.2) is 28.5 Å². The van der Waals surface area contributed by atoms with Crippen LogP contribution in [0.1, 0.15) is 44.2 Å². The van der Waals surface area contributed by atoms with E-state index in [1.807, 2.05) is 6.07 Å². The van der Waals surface area contributed by atoms with Gasteiger partial charge < -0.3 is 79.0 Å². The Morgan fingerprint density at radius 1 is 0.857 bits per heavy atom. The number of nitrogens with one attached hydrogen (secondary N) is 3. The van der Waals surface area contributed by atoms with E-state index in [1.165, 1.54) is 0 Å². The minimum absolute atomic E-state index is 0.0449. The zero-order chi connectivity index (χ0) is 50.0. The van der Waals surface area contributed by atoms with Crippen LogP contribution in [0.15, 0.2) is 77.6 Å². The minimum Gasteiger partial charge on any atom is -0.467 e. The molecule has 5 aliphatic rings. The molecule has 2 aromatic rings. The summed E-state index contributed by atoms with van der Waals surface area (Å²) in [5, 5.41) is 57.4. The second kappa shape index (κ2) is 24.2. The number of carbonyl (C=O) groups excluding carboxylic acids is 3. The van der Waals surface area contributed by atoms with Gasteiger partial charge in [-0.25, -0.2) is 22.8 Å². The first kappa shape index (κ1) is 52.5. The van der Waals surface area contributed by atoms with Crippen LogP contribution in [0.3, 0.4) is 0 Å². The Morgan fingerprint density at radius 2 is 1.50 bits per heavy atom. The Labute approximate surface area is 403 Å². The summed E-state index contributed by atoms with van der Waals surface area (Å²) in [6, 6.07) is 15.3. The van der Waals surface area contributed by atoms with Crippen LogP contribution in [0.25, 0.3) is 10.4 Å². The Morgan fingerprint density at radius 3 is 2.14 bits per heavy atom. The molecule has 0 aromatic heterocycles. The number of sulfone groups is 1. The lowest BCUT2D eigenvalue weighted by Crippen LogP contribution is -2.69. The predicted molar refractivity (Wildman–Crippen MR) is 240 cm³/mol. The largest absolute Gasteiger partial charge is 0.467 e. The number of fused-ring (bicyclic) bond motifs is 1. The molecule has 0 spiro atoms. The lowest BCUT2D eigenvalue weighted by atomic mass is 9.77. The van der Waals surface area contributed by atoms with E-state index in [1.54, 1.807) is 74.5 Å². The van der Waals surface area contributed by atoms with Crippen molar-refractivity contribution >= 4 is 28.1 Å². The van der Waals surface area contributed by atoms with Gasteiger partial charge in [-0.15, -0.1) is 0 Å². The molecule has 0 radical (unpaired) electrons. The first-order valence-electron chi connectivity index (χ1n) is 23.0. The van der Waals surface area contributed by atoms with Gasteiger partial charge in [0.2, 0.25) is 6.29 Å². The van der Waals surface area contributed by atoms with Crippen LogP contribution in [-0.2, 0) is 65.7 Å². The van der Waals surface area contributed by atoms with Crippen molar-refractivity contribution in [3.8, 4) is 0 Å². The molecule has 0 bridgehead atoms. The molecule has 25 heteroatoms. The second-order valence-electron chi connectivity index (χ2n) is 17.7. The highest BCUT2D eigenvalue weighted by Crippen LogP contribution is 2.40. The van der Waals surface area contributed by atoms with Gasteiger partial charge in [0.05, 0.1) is 43.7 Å². The van der Waals surface area contributed by atoms with Crippen molar-refractivity contribution in [2.24, 2.45) is 17.0 Å². The van der Waals surface area contributed by atoms with Gasteiger partial charge in [-0.05, 0) is 47.9 Å². The number of aliphatic hydroxyl groups excluding tert-OH is 4. The summed E-state index contributed by atoms with van der Waals surface area (Å²) in [7, 11) is -3.67. The summed E-state index contributed by atoms with van der Waals surface area (Å²) in [5.74, 6) is -1.83. The van der Waals surface area contributed by atoms with Crippen LogP contribution >= 0.6 is 0 Å². The van der Waals surface area contributed by atoms with E-state index < -0.39 is 138 Å². The maximum absolute atomic E-state index is 13.2. The van der Waals surface area contributed by atoms with E-state index in [0.717, 1.165) is 5.56 Å². The number of aliphatic hydroxyl groups is 4. The van der Waals surface area contributed by atoms with Crippen molar-refractivity contribution < 1.29 is 85.9 Å². The van der Waals surface area contributed by atoms with Gasteiger partial charge in [0.25, 0.3) is 0 Å². The van der Waals surface area contributed by atoms with Crippen molar-refractivity contribution in [2.75, 3.05) is 31.2 Å². The van der Waals surface area contributed by atoms with Crippen molar-refractivity contribution in [3.05, 3.63) is 94.1 Å².